The summed E-state index contributed by atoms with van der Waals surface area (Å²) in [4.78, 5) is 0. The number of hydrogen-bond donors (Lipinski definition) is 1. The molecule has 33 heavy (non-hydrogen) atoms. The van der Waals surface area contributed by atoms with E-state index in [1.54, 1.807) is 0 Å². The van der Waals surface area contributed by atoms with Crippen LogP contribution in [0.2, 0.25) is 0 Å². The minimum atomic E-state index is 0.708. The van der Waals surface area contributed by atoms with Crippen molar-refractivity contribution in [3.05, 3.63) is 96.6 Å². The van der Waals surface area contributed by atoms with Gasteiger partial charge in [-0.05, 0) is 84.0 Å². The highest BCUT2D eigenvalue weighted by molar-refractivity contribution is 6.05. The van der Waals surface area contributed by atoms with Gasteiger partial charge in [-0.3, -0.25) is 0 Å². The van der Waals surface area contributed by atoms with Crippen molar-refractivity contribution in [3.63, 3.8) is 0 Å². The molecule has 7 rings (SSSR count). The SMILES string of the molecule is c1ccc(-c2cc(Nc3ccc4c(c3)oc3ccccc34)ccc2C2CC3CCC2C3)cc1. The highest BCUT2D eigenvalue weighted by atomic mass is 16.3. The molecule has 5 aromatic rings. The lowest BCUT2D eigenvalue weighted by molar-refractivity contribution is 0.420. The third-order valence-corrected chi connectivity index (χ3v) is 7.94. The van der Waals surface area contributed by atoms with E-state index in [1.165, 1.54) is 47.8 Å². The average Bonchev–Trinajstić information content (AvgIpc) is 3.58. The van der Waals surface area contributed by atoms with E-state index < -0.39 is 0 Å². The van der Waals surface area contributed by atoms with Crippen molar-refractivity contribution in [2.75, 3.05) is 5.32 Å². The number of nitrogens with one attached hydrogen (secondary N) is 1. The summed E-state index contributed by atoms with van der Waals surface area (Å²) in [5.74, 6) is 2.52. The average molecular weight is 430 g/mol. The van der Waals surface area contributed by atoms with Gasteiger partial charge < -0.3 is 9.73 Å². The summed E-state index contributed by atoms with van der Waals surface area (Å²) >= 11 is 0. The van der Waals surface area contributed by atoms with Gasteiger partial charge in [0.2, 0.25) is 0 Å². The molecule has 0 aliphatic heterocycles. The minimum absolute atomic E-state index is 0.708. The van der Waals surface area contributed by atoms with Gasteiger partial charge in [0, 0.05) is 28.2 Å². The first-order valence-corrected chi connectivity index (χ1v) is 12.2. The maximum Gasteiger partial charge on any atom is 0.137 e. The summed E-state index contributed by atoms with van der Waals surface area (Å²) in [7, 11) is 0. The zero-order chi connectivity index (χ0) is 21.8. The first kappa shape index (κ1) is 19.0. The largest absolute Gasteiger partial charge is 0.456 e. The van der Waals surface area contributed by atoms with Gasteiger partial charge in [-0.1, -0.05) is 61.0 Å². The van der Waals surface area contributed by atoms with Crippen molar-refractivity contribution in [3.8, 4) is 11.1 Å². The predicted octanol–water partition coefficient (Wildman–Crippen LogP) is 8.90. The molecule has 2 saturated carbocycles. The molecular weight excluding hydrogens is 402 g/mol. The van der Waals surface area contributed by atoms with E-state index in [4.69, 9.17) is 4.42 Å². The monoisotopic (exact) mass is 429 g/mol. The van der Waals surface area contributed by atoms with Gasteiger partial charge in [-0.2, -0.15) is 0 Å². The fourth-order valence-electron chi connectivity index (χ4n) is 6.42. The molecule has 1 heterocycles. The van der Waals surface area contributed by atoms with E-state index in [2.05, 4.69) is 84.2 Å². The molecule has 2 aliphatic rings. The Hall–Kier alpha value is -3.52. The topological polar surface area (TPSA) is 25.2 Å². The second-order valence-electron chi connectivity index (χ2n) is 9.88. The fraction of sp³-hybridized carbons (Fsp3) is 0.226. The summed E-state index contributed by atoms with van der Waals surface area (Å²) < 4.78 is 6.10. The molecule has 3 atom stereocenters. The molecule has 2 heteroatoms. The van der Waals surface area contributed by atoms with Crippen molar-refractivity contribution >= 4 is 33.3 Å². The Morgan fingerprint density at radius 1 is 0.667 bits per heavy atom. The van der Waals surface area contributed by atoms with Crippen molar-refractivity contribution in [1.82, 2.24) is 0 Å². The van der Waals surface area contributed by atoms with Crippen molar-refractivity contribution < 1.29 is 4.42 Å². The van der Waals surface area contributed by atoms with Crippen LogP contribution in [0.4, 0.5) is 11.4 Å². The lowest BCUT2D eigenvalue weighted by Gasteiger charge is -2.25. The van der Waals surface area contributed by atoms with Crippen LogP contribution in [0.15, 0.2) is 95.4 Å². The van der Waals surface area contributed by atoms with Crippen LogP contribution < -0.4 is 5.32 Å². The Balaban J connectivity index is 1.27. The molecule has 0 radical (unpaired) electrons. The second-order valence-corrected chi connectivity index (χ2v) is 9.88. The third-order valence-electron chi connectivity index (χ3n) is 7.94. The Kier molecular flexibility index (Phi) is 4.33. The van der Waals surface area contributed by atoms with Crippen LogP contribution in [0.3, 0.4) is 0 Å². The fourth-order valence-corrected chi connectivity index (χ4v) is 6.42. The Morgan fingerprint density at radius 2 is 1.45 bits per heavy atom. The number of hydrogen-bond acceptors (Lipinski definition) is 2. The number of furan rings is 1. The van der Waals surface area contributed by atoms with Crippen molar-refractivity contribution in [2.45, 2.75) is 31.6 Å². The van der Waals surface area contributed by atoms with Crippen LogP contribution in [0.25, 0.3) is 33.1 Å². The van der Waals surface area contributed by atoms with E-state index in [-0.39, 0.29) is 0 Å². The second kappa shape index (κ2) is 7.52. The number of benzene rings is 4. The minimum Gasteiger partial charge on any atom is -0.456 e. The van der Waals surface area contributed by atoms with E-state index in [1.807, 2.05) is 12.1 Å². The van der Waals surface area contributed by atoms with E-state index >= 15 is 0 Å². The normalized spacial score (nSPS) is 21.8. The molecule has 1 N–H and O–H groups in total. The molecular formula is C31H27NO. The standard InChI is InChI=1S/C31H27NO/c1-2-6-21(7-3-1)29-18-23(12-14-25(29)28-17-20-10-11-22(28)16-20)32-24-13-15-27-26-8-4-5-9-30(26)33-31(27)19-24/h1-9,12-15,18-20,22,28,32H,10-11,16-17H2. The molecule has 2 fully saturated rings. The third kappa shape index (κ3) is 3.24. The Bertz CT molecular complexity index is 1460. The zero-order valence-corrected chi connectivity index (χ0v) is 18.6. The van der Waals surface area contributed by atoms with Crippen LogP contribution in [-0.4, -0.2) is 0 Å². The molecule has 1 aromatic heterocycles. The summed E-state index contributed by atoms with van der Waals surface area (Å²) in [5, 5.41) is 5.97. The molecule has 2 bridgehead atoms. The highest BCUT2D eigenvalue weighted by Crippen LogP contribution is 2.54. The van der Waals surface area contributed by atoms with Crippen LogP contribution in [-0.2, 0) is 0 Å². The van der Waals surface area contributed by atoms with Crippen molar-refractivity contribution in [2.24, 2.45) is 11.8 Å². The first-order valence-electron chi connectivity index (χ1n) is 12.2. The van der Waals surface area contributed by atoms with Crippen molar-refractivity contribution in [1.29, 1.82) is 0 Å². The van der Waals surface area contributed by atoms with Crippen LogP contribution in [0.1, 0.15) is 37.2 Å². The van der Waals surface area contributed by atoms with Gasteiger partial charge in [0.05, 0.1) is 0 Å². The summed E-state index contributed by atoms with van der Waals surface area (Å²) in [6.45, 7) is 0. The van der Waals surface area contributed by atoms with Gasteiger partial charge in [0.1, 0.15) is 11.2 Å². The van der Waals surface area contributed by atoms with Gasteiger partial charge in [0.15, 0.2) is 0 Å². The van der Waals surface area contributed by atoms with Gasteiger partial charge in [0.25, 0.3) is 0 Å². The lowest BCUT2D eigenvalue weighted by atomic mass is 9.80. The van der Waals surface area contributed by atoms with Crippen LogP contribution >= 0.6 is 0 Å². The molecule has 0 saturated heterocycles. The number of rotatable bonds is 4. The number of para-hydroxylation sites is 1. The summed E-state index contributed by atoms with van der Waals surface area (Å²) in [5.41, 5.74) is 8.25. The zero-order valence-electron chi connectivity index (χ0n) is 18.6. The molecule has 2 aliphatic carbocycles. The number of fused-ring (bicyclic) bond motifs is 5. The maximum absolute atomic E-state index is 6.10. The first-order chi connectivity index (χ1) is 16.3. The highest BCUT2D eigenvalue weighted by Gasteiger charge is 2.40. The number of anilines is 2. The van der Waals surface area contributed by atoms with E-state index in [9.17, 15) is 0 Å². The predicted molar refractivity (Wildman–Crippen MR) is 137 cm³/mol. The molecule has 0 spiro atoms. The summed E-state index contributed by atoms with van der Waals surface area (Å²) in [6.07, 6.45) is 5.63. The van der Waals surface area contributed by atoms with Crippen LogP contribution in [0.5, 0.6) is 0 Å². The lowest BCUT2D eigenvalue weighted by Crippen LogP contribution is -2.10. The van der Waals surface area contributed by atoms with E-state index in [0.29, 0.717) is 5.92 Å². The Morgan fingerprint density at radius 3 is 2.30 bits per heavy atom. The smallest absolute Gasteiger partial charge is 0.137 e. The molecule has 4 aromatic carbocycles. The summed E-state index contributed by atoms with van der Waals surface area (Å²) in [6, 6.07) is 32.5. The van der Waals surface area contributed by atoms with Gasteiger partial charge in [-0.25, -0.2) is 0 Å². The molecule has 3 unspecified atom stereocenters. The molecule has 162 valence electrons. The maximum atomic E-state index is 6.10. The molecule has 2 nitrogen and oxygen atoms in total. The van der Waals surface area contributed by atoms with E-state index in [0.717, 1.165) is 39.8 Å². The Labute approximate surface area is 194 Å². The quantitative estimate of drug-likeness (QED) is 0.308. The van der Waals surface area contributed by atoms with Gasteiger partial charge in [-0.15, -0.1) is 0 Å². The van der Waals surface area contributed by atoms with Crippen LogP contribution in [0, 0.1) is 11.8 Å². The van der Waals surface area contributed by atoms with Gasteiger partial charge >= 0.3 is 0 Å². The molecule has 0 amide bonds.